The lowest BCUT2D eigenvalue weighted by Crippen LogP contribution is -2.22. The number of rotatable bonds is 5. The number of halogens is 1. The molecule has 0 saturated heterocycles. The van der Waals surface area contributed by atoms with Crippen LogP contribution in [-0.2, 0) is 13.5 Å². The number of ether oxygens (including phenoxy) is 1. The van der Waals surface area contributed by atoms with Gasteiger partial charge in [-0.2, -0.15) is 0 Å². The van der Waals surface area contributed by atoms with Crippen LogP contribution in [0.25, 0.3) is 0 Å². The Labute approximate surface area is 121 Å². The number of nitrogens with one attached hydrogen (secondary N) is 1. The van der Waals surface area contributed by atoms with Gasteiger partial charge >= 0.3 is 0 Å². The van der Waals surface area contributed by atoms with Gasteiger partial charge in [-0.3, -0.25) is 0 Å². The number of likely N-dealkylation sites (N-methyl/N-ethyl adjacent to an activating group) is 1. The SMILES string of the molecule is CNC(Cc1cccc(OC)c1)c1c(Br)nnn1C. The van der Waals surface area contributed by atoms with E-state index >= 15 is 0 Å². The summed E-state index contributed by atoms with van der Waals surface area (Å²) in [7, 11) is 5.50. The molecule has 2 rings (SSSR count). The van der Waals surface area contributed by atoms with Crippen LogP contribution in [0.2, 0.25) is 0 Å². The number of aryl methyl sites for hydroxylation is 1. The maximum Gasteiger partial charge on any atom is 0.153 e. The van der Waals surface area contributed by atoms with Crippen molar-refractivity contribution >= 4 is 15.9 Å². The third-order valence-electron chi connectivity index (χ3n) is 3.08. The summed E-state index contributed by atoms with van der Waals surface area (Å²) >= 11 is 3.44. The summed E-state index contributed by atoms with van der Waals surface area (Å²) in [4.78, 5) is 0. The molecule has 1 aromatic heterocycles. The van der Waals surface area contributed by atoms with Gasteiger partial charge in [0.1, 0.15) is 5.75 Å². The van der Waals surface area contributed by atoms with Crippen molar-refractivity contribution in [2.24, 2.45) is 7.05 Å². The number of hydrogen-bond acceptors (Lipinski definition) is 4. The van der Waals surface area contributed by atoms with E-state index in [2.05, 4.69) is 37.6 Å². The van der Waals surface area contributed by atoms with Gasteiger partial charge in [0.25, 0.3) is 0 Å². The summed E-state index contributed by atoms with van der Waals surface area (Å²) in [5.74, 6) is 0.870. The van der Waals surface area contributed by atoms with E-state index in [1.54, 1.807) is 11.8 Å². The zero-order chi connectivity index (χ0) is 13.8. The lowest BCUT2D eigenvalue weighted by atomic mass is 10.0. The quantitative estimate of drug-likeness (QED) is 0.915. The van der Waals surface area contributed by atoms with Gasteiger partial charge in [-0.1, -0.05) is 17.3 Å². The second-order valence-corrected chi connectivity index (χ2v) is 5.04. The molecule has 0 amide bonds. The number of benzene rings is 1. The number of aromatic nitrogens is 3. The summed E-state index contributed by atoms with van der Waals surface area (Å²) in [6, 6.07) is 8.21. The summed E-state index contributed by atoms with van der Waals surface area (Å²) < 4.78 is 7.81. The Morgan fingerprint density at radius 2 is 2.26 bits per heavy atom. The van der Waals surface area contributed by atoms with Crippen LogP contribution >= 0.6 is 15.9 Å². The molecule has 0 saturated carbocycles. The first-order valence-corrected chi connectivity index (χ1v) is 6.80. The molecule has 1 N–H and O–H groups in total. The third-order valence-corrected chi connectivity index (χ3v) is 3.64. The van der Waals surface area contributed by atoms with Crippen molar-refractivity contribution in [3.8, 4) is 5.75 Å². The minimum absolute atomic E-state index is 0.140. The van der Waals surface area contributed by atoms with Crippen molar-refractivity contribution in [2.75, 3.05) is 14.2 Å². The van der Waals surface area contributed by atoms with Crippen LogP contribution in [0.1, 0.15) is 17.3 Å². The minimum atomic E-state index is 0.140. The van der Waals surface area contributed by atoms with Gasteiger partial charge in [0.15, 0.2) is 4.60 Å². The monoisotopic (exact) mass is 324 g/mol. The van der Waals surface area contributed by atoms with Gasteiger partial charge in [0, 0.05) is 7.05 Å². The molecule has 1 heterocycles. The first-order chi connectivity index (χ1) is 9.15. The zero-order valence-corrected chi connectivity index (χ0v) is 12.8. The smallest absolute Gasteiger partial charge is 0.153 e. The Kier molecular flexibility index (Phi) is 4.55. The van der Waals surface area contributed by atoms with E-state index in [-0.39, 0.29) is 6.04 Å². The largest absolute Gasteiger partial charge is 0.497 e. The van der Waals surface area contributed by atoms with E-state index in [0.29, 0.717) is 0 Å². The zero-order valence-electron chi connectivity index (χ0n) is 11.2. The molecule has 2 aromatic rings. The second kappa shape index (κ2) is 6.16. The fraction of sp³-hybridized carbons (Fsp3) is 0.385. The standard InChI is InChI=1S/C13H17BrN4O/c1-15-11(12-13(14)16-17-18(12)2)8-9-5-4-6-10(7-9)19-3/h4-7,11,15H,8H2,1-3H3. The van der Waals surface area contributed by atoms with Crippen LogP contribution in [0.4, 0.5) is 0 Å². The molecular weight excluding hydrogens is 308 g/mol. The molecular formula is C13H17BrN4O. The van der Waals surface area contributed by atoms with Crippen molar-refractivity contribution in [3.05, 3.63) is 40.1 Å². The summed E-state index contributed by atoms with van der Waals surface area (Å²) in [5.41, 5.74) is 2.23. The average Bonchev–Trinajstić information content (AvgIpc) is 2.76. The minimum Gasteiger partial charge on any atom is -0.497 e. The molecule has 1 unspecified atom stereocenters. The number of nitrogens with zero attached hydrogens (tertiary/aromatic N) is 3. The molecule has 0 spiro atoms. The van der Waals surface area contributed by atoms with E-state index in [0.717, 1.165) is 22.5 Å². The maximum atomic E-state index is 5.25. The van der Waals surface area contributed by atoms with Crippen LogP contribution in [0.5, 0.6) is 5.75 Å². The Morgan fingerprint density at radius 1 is 1.47 bits per heavy atom. The molecule has 0 aliphatic rings. The van der Waals surface area contributed by atoms with E-state index in [4.69, 9.17) is 4.74 Å². The lowest BCUT2D eigenvalue weighted by molar-refractivity contribution is 0.413. The van der Waals surface area contributed by atoms with E-state index in [9.17, 15) is 0 Å². The second-order valence-electron chi connectivity index (χ2n) is 4.29. The fourth-order valence-electron chi connectivity index (χ4n) is 2.08. The van der Waals surface area contributed by atoms with Crippen molar-refractivity contribution in [2.45, 2.75) is 12.5 Å². The van der Waals surface area contributed by atoms with Crippen molar-refractivity contribution in [3.63, 3.8) is 0 Å². The molecule has 5 nitrogen and oxygen atoms in total. The summed E-state index contributed by atoms with van der Waals surface area (Å²) in [6.07, 6.45) is 0.841. The molecule has 0 bridgehead atoms. The molecule has 0 aliphatic carbocycles. The third kappa shape index (κ3) is 3.13. The van der Waals surface area contributed by atoms with Crippen molar-refractivity contribution in [1.29, 1.82) is 0 Å². The first kappa shape index (κ1) is 14.0. The van der Waals surface area contributed by atoms with Gasteiger partial charge in [0.2, 0.25) is 0 Å². The molecule has 1 aromatic carbocycles. The number of methoxy groups -OCH3 is 1. The average molecular weight is 325 g/mol. The Balaban J connectivity index is 2.24. The van der Waals surface area contributed by atoms with Crippen molar-refractivity contribution < 1.29 is 4.74 Å². The maximum absolute atomic E-state index is 5.25. The Hall–Kier alpha value is -1.40. The first-order valence-electron chi connectivity index (χ1n) is 6.01. The van der Waals surface area contributed by atoms with Gasteiger partial charge in [-0.15, -0.1) is 5.10 Å². The molecule has 0 fully saturated rings. The predicted molar refractivity (Wildman–Crippen MR) is 77.2 cm³/mol. The van der Waals surface area contributed by atoms with Gasteiger partial charge in [-0.25, -0.2) is 4.68 Å². The van der Waals surface area contributed by atoms with E-state index < -0.39 is 0 Å². The normalized spacial score (nSPS) is 12.4. The molecule has 0 aliphatic heterocycles. The topological polar surface area (TPSA) is 52.0 Å². The summed E-state index contributed by atoms with van der Waals surface area (Å²) in [6.45, 7) is 0. The van der Waals surface area contributed by atoms with Gasteiger partial charge in [0.05, 0.1) is 18.8 Å². The lowest BCUT2D eigenvalue weighted by Gasteiger charge is -2.17. The summed E-state index contributed by atoms with van der Waals surface area (Å²) in [5, 5.41) is 11.3. The molecule has 6 heteroatoms. The highest BCUT2D eigenvalue weighted by atomic mass is 79.9. The Morgan fingerprint density at radius 3 is 2.84 bits per heavy atom. The molecule has 0 radical (unpaired) electrons. The van der Waals surface area contributed by atoms with Gasteiger partial charge in [-0.05, 0) is 47.1 Å². The fourth-order valence-corrected chi connectivity index (χ4v) is 2.68. The van der Waals surface area contributed by atoms with Crippen molar-refractivity contribution in [1.82, 2.24) is 20.3 Å². The van der Waals surface area contributed by atoms with Crippen LogP contribution in [0.15, 0.2) is 28.9 Å². The molecule has 102 valence electrons. The molecule has 1 atom stereocenters. The number of hydrogen-bond donors (Lipinski definition) is 1. The van der Waals surface area contributed by atoms with E-state index in [1.165, 1.54) is 5.56 Å². The highest BCUT2D eigenvalue weighted by Gasteiger charge is 2.19. The van der Waals surface area contributed by atoms with E-state index in [1.807, 2.05) is 32.3 Å². The van der Waals surface area contributed by atoms with Crippen LogP contribution in [0, 0.1) is 0 Å². The van der Waals surface area contributed by atoms with Crippen LogP contribution in [0.3, 0.4) is 0 Å². The highest BCUT2D eigenvalue weighted by Crippen LogP contribution is 2.24. The van der Waals surface area contributed by atoms with Crippen LogP contribution < -0.4 is 10.1 Å². The molecule has 19 heavy (non-hydrogen) atoms. The predicted octanol–water partition coefficient (Wildman–Crippen LogP) is 2.09. The van der Waals surface area contributed by atoms with Gasteiger partial charge < -0.3 is 10.1 Å². The Bertz CT molecular complexity index is 536. The van der Waals surface area contributed by atoms with Crippen LogP contribution in [-0.4, -0.2) is 29.2 Å². The highest BCUT2D eigenvalue weighted by molar-refractivity contribution is 9.10.